The summed E-state index contributed by atoms with van der Waals surface area (Å²) in [7, 11) is 1.82. The fraction of sp³-hybridized carbons (Fsp3) is 0.208. The van der Waals surface area contributed by atoms with E-state index in [1.165, 1.54) is 5.56 Å². The normalized spacial score (nSPS) is 10.9. The minimum Gasteiger partial charge on any atom is -0.466 e. The Bertz CT molecular complexity index is 1200. The van der Waals surface area contributed by atoms with Crippen molar-refractivity contribution >= 4 is 22.6 Å². The fourth-order valence-electron chi connectivity index (χ4n) is 3.58. The van der Waals surface area contributed by atoms with Crippen LogP contribution in [0.3, 0.4) is 0 Å². The van der Waals surface area contributed by atoms with Gasteiger partial charge < -0.3 is 10.1 Å². The summed E-state index contributed by atoms with van der Waals surface area (Å²) in [5.74, 6) is 0.192. The van der Waals surface area contributed by atoms with Gasteiger partial charge in [0.25, 0.3) is 5.91 Å². The molecule has 4 rings (SSSR count). The molecule has 0 aliphatic heterocycles. The van der Waals surface area contributed by atoms with Gasteiger partial charge in [-0.25, -0.2) is 9.67 Å². The maximum Gasteiger partial charge on any atom is 0.262 e. The first-order valence-electron chi connectivity index (χ1n) is 9.86. The van der Waals surface area contributed by atoms with Gasteiger partial charge in [0.2, 0.25) is 5.88 Å². The average molecular weight is 400 g/mol. The van der Waals surface area contributed by atoms with Gasteiger partial charge in [0, 0.05) is 18.4 Å². The summed E-state index contributed by atoms with van der Waals surface area (Å²) < 4.78 is 7.45. The lowest BCUT2D eigenvalue weighted by atomic mass is 10.0. The number of aromatic nitrogens is 3. The van der Waals surface area contributed by atoms with Crippen molar-refractivity contribution < 1.29 is 9.53 Å². The zero-order chi connectivity index (χ0) is 21.1. The summed E-state index contributed by atoms with van der Waals surface area (Å²) in [6.45, 7) is 3.81. The molecule has 0 saturated heterocycles. The van der Waals surface area contributed by atoms with Crippen LogP contribution in [0.2, 0.25) is 0 Å². The van der Waals surface area contributed by atoms with Crippen LogP contribution < -0.4 is 10.1 Å². The van der Waals surface area contributed by atoms with Gasteiger partial charge in [0.05, 0.1) is 5.39 Å². The van der Waals surface area contributed by atoms with Gasteiger partial charge in [-0.05, 0) is 49.1 Å². The highest BCUT2D eigenvalue weighted by Gasteiger charge is 2.16. The van der Waals surface area contributed by atoms with Crippen molar-refractivity contribution in [2.45, 2.75) is 20.3 Å². The number of aryl methyl sites for hydroxylation is 3. The number of benzene rings is 2. The number of hydrogen-bond donors (Lipinski definition) is 1. The van der Waals surface area contributed by atoms with E-state index in [9.17, 15) is 4.79 Å². The molecule has 0 fully saturated rings. The number of nitrogens with zero attached hydrogens (tertiary/aromatic N) is 3. The van der Waals surface area contributed by atoms with E-state index in [0.29, 0.717) is 5.88 Å². The Balaban J connectivity index is 1.47. The minimum absolute atomic E-state index is 0.126. The topological polar surface area (TPSA) is 69.0 Å². The Morgan fingerprint density at radius 1 is 1.07 bits per heavy atom. The van der Waals surface area contributed by atoms with E-state index in [-0.39, 0.29) is 12.5 Å². The van der Waals surface area contributed by atoms with Crippen LogP contribution in [0.25, 0.3) is 11.0 Å². The highest BCUT2D eigenvalue weighted by atomic mass is 16.5. The summed E-state index contributed by atoms with van der Waals surface area (Å²) in [5, 5.41) is 8.20. The maximum absolute atomic E-state index is 12.6. The molecule has 6 nitrogen and oxygen atoms in total. The molecular formula is C24H24N4O2. The van der Waals surface area contributed by atoms with Crippen molar-refractivity contribution in [2.24, 2.45) is 7.05 Å². The molecular weight excluding hydrogens is 376 g/mol. The summed E-state index contributed by atoms with van der Waals surface area (Å²) in [6.07, 6.45) is 0.743. The monoisotopic (exact) mass is 400 g/mol. The van der Waals surface area contributed by atoms with Crippen molar-refractivity contribution in [3.05, 3.63) is 83.0 Å². The van der Waals surface area contributed by atoms with Crippen LogP contribution in [-0.2, 0) is 18.3 Å². The average Bonchev–Trinajstić information content (AvgIpc) is 3.04. The van der Waals surface area contributed by atoms with Crippen LogP contribution in [0, 0.1) is 13.8 Å². The zero-order valence-corrected chi connectivity index (χ0v) is 17.3. The first kappa shape index (κ1) is 19.6. The first-order chi connectivity index (χ1) is 14.5. The predicted octanol–water partition coefficient (Wildman–Crippen LogP) is 4.19. The molecule has 4 aromatic rings. The number of hydrogen-bond acceptors (Lipinski definition) is 4. The lowest BCUT2D eigenvalue weighted by Gasteiger charge is -2.11. The maximum atomic E-state index is 12.6. The van der Waals surface area contributed by atoms with Gasteiger partial charge in [-0.15, -0.1) is 5.10 Å². The Kier molecular flexibility index (Phi) is 5.48. The summed E-state index contributed by atoms with van der Waals surface area (Å²) in [6, 6.07) is 20.0. The van der Waals surface area contributed by atoms with Crippen molar-refractivity contribution in [3.8, 4) is 5.88 Å². The second kappa shape index (κ2) is 8.37. The Hall–Kier alpha value is -3.67. The van der Waals surface area contributed by atoms with Crippen LogP contribution in [0.4, 0.5) is 5.69 Å². The van der Waals surface area contributed by atoms with E-state index < -0.39 is 0 Å². The highest BCUT2D eigenvalue weighted by Crippen LogP contribution is 2.27. The molecule has 0 spiro atoms. The zero-order valence-electron chi connectivity index (χ0n) is 17.3. The van der Waals surface area contributed by atoms with E-state index in [4.69, 9.17) is 4.74 Å². The number of rotatable bonds is 6. The van der Waals surface area contributed by atoms with Gasteiger partial charge in [0.15, 0.2) is 12.3 Å². The predicted molar refractivity (Wildman–Crippen MR) is 118 cm³/mol. The number of nitrogens with one attached hydrogen (secondary N) is 1. The van der Waals surface area contributed by atoms with Gasteiger partial charge >= 0.3 is 0 Å². The second-order valence-corrected chi connectivity index (χ2v) is 7.36. The van der Waals surface area contributed by atoms with Crippen LogP contribution in [0.15, 0.2) is 60.7 Å². The minimum atomic E-state index is -0.230. The second-order valence-electron chi connectivity index (χ2n) is 7.36. The summed E-state index contributed by atoms with van der Waals surface area (Å²) >= 11 is 0. The number of carbonyl (C=O) groups excluding carboxylic acids is 1. The van der Waals surface area contributed by atoms with Gasteiger partial charge in [-0.2, -0.15) is 0 Å². The lowest BCUT2D eigenvalue weighted by molar-refractivity contribution is -0.118. The van der Waals surface area contributed by atoms with Crippen LogP contribution >= 0.6 is 0 Å². The number of carbonyl (C=O) groups is 1. The number of fused-ring (bicyclic) bond motifs is 1. The molecule has 2 heterocycles. The number of ether oxygens (including phenoxy) is 1. The van der Waals surface area contributed by atoms with E-state index in [2.05, 4.69) is 27.5 Å². The smallest absolute Gasteiger partial charge is 0.262 e. The lowest BCUT2D eigenvalue weighted by Crippen LogP contribution is -2.21. The number of pyridine rings is 1. The largest absolute Gasteiger partial charge is 0.466 e. The molecule has 1 N–H and O–H groups in total. The number of anilines is 1. The number of amides is 1. The quantitative estimate of drug-likeness (QED) is 0.527. The standard InChI is InChI=1S/C24H24N4O2/c1-16-13-17(2)25-23-22(16)24(27-28(23)3)30-15-21(29)26-20-12-8-7-11-19(20)14-18-9-5-4-6-10-18/h4-13H,14-15H2,1-3H3,(H,26,29). The molecule has 6 heteroatoms. The van der Waals surface area contributed by atoms with Gasteiger partial charge in [-0.1, -0.05) is 48.5 Å². The molecule has 0 aliphatic carbocycles. The summed E-state index contributed by atoms with van der Waals surface area (Å²) in [5.41, 5.74) is 5.71. The third-order valence-corrected chi connectivity index (χ3v) is 4.96. The fourth-order valence-corrected chi connectivity index (χ4v) is 3.58. The summed E-state index contributed by atoms with van der Waals surface area (Å²) in [4.78, 5) is 17.1. The third kappa shape index (κ3) is 4.17. The van der Waals surface area contributed by atoms with Crippen molar-refractivity contribution in [1.82, 2.24) is 14.8 Å². The SMILES string of the molecule is Cc1cc(C)c2c(OCC(=O)Nc3ccccc3Cc3ccccc3)nn(C)c2n1. The molecule has 30 heavy (non-hydrogen) atoms. The van der Waals surface area contributed by atoms with Crippen LogP contribution in [0.5, 0.6) is 5.88 Å². The van der Waals surface area contributed by atoms with Crippen molar-refractivity contribution in [1.29, 1.82) is 0 Å². The Labute approximate surface area is 175 Å². The van der Waals surface area contributed by atoms with Crippen molar-refractivity contribution in [2.75, 3.05) is 11.9 Å². The van der Waals surface area contributed by atoms with Gasteiger partial charge in [-0.3, -0.25) is 4.79 Å². The molecule has 0 atom stereocenters. The molecule has 0 unspecified atom stereocenters. The molecule has 0 aliphatic rings. The third-order valence-electron chi connectivity index (χ3n) is 4.96. The Morgan fingerprint density at radius 3 is 2.60 bits per heavy atom. The molecule has 2 aromatic heterocycles. The molecule has 2 aromatic carbocycles. The van der Waals surface area contributed by atoms with E-state index in [0.717, 1.165) is 40.0 Å². The highest BCUT2D eigenvalue weighted by molar-refractivity contribution is 5.93. The number of para-hydroxylation sites is 1. The van der Waals surface area contributed by atoms with E-state index in [1.807, 2.05) is 69.4 Å². The Morgan fingerprint density at radius 2 is 1.80 bits per heavy atom. The van der Waals surface area contributed by atoms with Crippen LogP contribution in [0.1, 0.15) is 22.4 Å². The van der Waals surface area contributed by atoms with E-state index >= 15 is 0 Å². The molecule has 0 radical (unpaired) electrons. The van der Waals surface area contributed by atoms with Gasteiger partial charge in [0.1, 0.15) is 0 Å². The first-order valence-corrected chi connectivity index (χ1v) is 9.86. The van der Waals surface area contributed by atoms with E-state index in [1.54, 1.807) is 4.68 Å². The molecule has 0 bridgehead atoms. The molecule has 0 saturated carbocycles. The van der Waals surface area contributed by atoms with Crippen molar-refractivity contribution in [3.63, 3.8) is 0 Å². The van der Waals surface area contributed by atoms with Crippen LogP contribution in [-0.4, -0.2) is 27.3 Å². The molecule has 1 amide bonds. The molecule has 152 valence electrons.